The predicted molar refractivity (Wildman–Crippen MR) is 113 cm³/mol. The summed E-state index contributed by atoms with van der Waals surface area (Å²) in [5, 5.41) is 17.5. The maximum atomic E-state index is 10.6. The van der Waals surface area contributed by atoms with E-state index in [1.165, 1.54) is 0 Å². The lowest BCUT2D eigenvalue weighted by Crippen LogP contribution is -2.38. The minimum Gasteiger partial charge on any atom is -0.481 e. The van der Waals surface area contributed by atoms with Crippen LogP contribution in [0.4, 0.5) is 0 Å². The molecule has 0 radical (unpaired) electrons. The van der Waals surface area contributed by atoms with Crippen LogP contribution in [0.25, 0.3) is 0 Å². The molecule has 0 fully saturated rings. The molecule has 0 saturated carbocycles. The van der Waals surface area contributed by atoms with Crippen LogP contribution in [-0.2, 0) is 19.1 Å². The highest BCUT2D eigenvalue weighted by Gasteiger charge is 2.30. The SMILES string of the molecule is CCC(C)(C)OC(C)C[C@H](C)C(=O)O.CCCC(C)C(C)(C)O[C@@H](C)C(=O)O. The molecule has 0 rings (SSSR count). The monoisotopic (exact) mass is 404 g/mol. The predicted octanol–water partition coefficient (Wildman–Crippen LogP) is 5.38. The molecule has 0 spiro atoms. The van der Waals surface area contributed by atoms with Crippen LogP contribution >= 0.6 is 0 Å². The summed E-state index contributed by atoms with van der Waals surface area (Å²) in [6.07, 6.45) is 2.91. The molecule has 2 unspecified atom stereocenters. The maximum Gasteiger partial charge on any atom is 0.332 e. The van der Waals surface area contributed by atoms with E-state index in [1.807, 2.05) is 34.6 Å². The second-order valence-electron chi connectivity index (χ2n) is 8.91. The van der Waals surface area contributed by atoms with Crippen molar-refractivity contribution < 1.29 is 29.3 Å². The van der Waals surface area contributed by atoms with Crippen LogP contribution in [-0.4, -0.2) is 45.6 Å². The second kappa shape index (κ2) is 13.2. The van der Waals surface area contributed by atoms with Crippen LogP contribution in [0, 0.1) is 11.8 Å². The highest BCUT2D eigenvalue weighted by atomic mass is 16.5. The molecule has 0 aromatic heterocycles. The molecule has 6 heteroatoms. The minimum atomic E-state index is -0.901. The Labute approximate surface area is 172 Å². The van der Waals surface area contributed by atoms with Crippen molar-refractivity contribution in [3.63, 3.8) is 0 Å². The van der Waals surface area contributed by atoms with Crippen molar-refractivity contribution in [2.45, 2.75) is 118 Å². The van der Waals surface area contributed by atoms with Crippen molar-refractivity contribution in [2.75, 3.05) is 0 Å². The molecule has 28 heavy (non-hydrogen) atoms. The van der Waals surface area contributed by atoms with Gasteiger partial charge in [-0.05, 0) is 66.7 Å². The molecule has 0 heterocycles. The van der Waals surface area contributed by atoms with Crippen LogP contribution in [0.3, 0.4) is 0 Å². The van der Waals surface area contributed by atoms with Gasteiger partial charge >= 0.3 is 11.9 Å². The van der Waals surface area contributed by atoms with E-state index in [0.717, 1.165) is 19.3 Å². The minimum absolute atomic E-state index is 0.00366. The fraction of sp³-hybridized carbons (Fsp3) is 0.909. The fourth-order valence-electron chi connectivity index (χ4n) is 2.68. The Bertz CT molecular complexity index is 458. The number of carboxylic acids is 2. The summed E-state index contributed by atoms with van der Waals surface area (Å²) in [6, 6.07) is 0. The zero-order valence-electron chi connectivity index (χ0n) is 19.7. The molecular formula is C22H44O6. The highest BCUT2D eigenvalue weighted by molar-refractivity contribution is 5.71. The van der Waals surface area contributed by atoms with E-state index < -0.39 is 18.0 Å². The molecule has 0 aliphatic rings. The first-order valence-corrected chi connectivity index (χ1v) is 10.4. The molecular weight excluding hydrogens is 360 g/mol. The average Bonchev–Trinajstić information content (AvgIpc) is 2.54. The molecule has 4 atom stereocenters. The first kappa shape index (κ1) is 29.1. The van der Waals surface area contributed by atoms with E-state index in [4.69, 9.17) is 19.7 Å². The lowest BCUT2D eigenvalue weighted by Gasteiger charge is -2.33. The summed E-state index contributed by atoms with van der Waals surface area (Å²) in [5.41, 5.74) is -0.522. The molecule has 6 nitrogen and oxygen atoms in total. The second-order valence-corrected chi connectivity index (χ2v) is 8.91. The number of aliphatic carboxylic acids is 2. The molecule has 0 amide bonds. The number of hydrogen-bond acceptors (Lipinski definition) is 4. The molecule has 0 bridgehead atoms. The first-order valence-electron chi connectivity index (χ1n) is 10.4. The number of carboxylic acid groups (broad SMARTS) is 2. The fourth-order valence-corrected chi connectivity index (χ4v) is 2.68. The molecule has 0 aliphatic heterocycles. The quantitative estimate of drug-likeness (QED) is 0.453. The van der Waals surface area contributed by atoms with Gasteiger partial charge in [-0.1, -0.05) is 34.1 Å². The van der Waals surface area contributed by atoms with Crippen LogP contribution in [0.2, 0.25) is 0 Å². The average molecular weight is 405 g/mol. The highest BCUT2D eigenvalue weighted by Crippen LogP contribution is 2.26. The number of ether oxygens (including phenoxy) is 2. The van der Waals surface area contributed by atoms with Crippen molar-refractivity contribution in [1.82, 2.24) is 0 Å². The molecule has 0 saturated heterocycles. The van der Waals surface area contributed by atoms with Crippen molar-refractivity contribution in [3.05, 3.63) is 0 Å². The summed E-state index contributed by atoms with van der Waals surface area (Å²) in [4.78, 5) is 21.2. The van der Waals surface area contributed by atoms with Gasteiger partial charge in [-0.2, -0.15) is 0 Å². The Morgan fingerprint density at radius 1 is 0.893 bits per heavy atom. The largest absolute Gasteiger partial charge is 0.481 e. The number of hydrogen-bond donors (Lipinski definition) is 2. The van der Waals surface area contributed by atoms with Gasteiger partial charge in [0, 0.05) is 0 Å². The summed E-state index contributed by atoms with van der Waals surface area (Å²) in [7, 11) is 0. The molecule has 0 aromatic carbocycles. The van der Waals surface area contributed by atoms with Gasteiger partial charge in [-0.15, -0.1) is 0 Å². The van der Waals surface area contributed by atoms with Gasteiger partial charge in [0.05, 0.1) is 23.2 Å². The van der Waals surface area contributed by atoms with Gasteiger partial charge in [0.2, 0.25) is 0 Å². The van der Waals surface area contributed by atoms with Crippen molar-refractivity contribution in [2.24, 2.45) is 11.8 Å². The Morgan fingerprint density at radius 2 is 1.39 bits per heavy atom. The van der Waals surface area contributed by atoms with E-state index in [9.17, 15) is 9.59 Å². The Balaban J connectivity index is 0. The van der Waals surface area contributed by atoms with Gasteiger partial charge < -0.3 is 19.7 Å². The van der Waals surface area contributed by atoms with Crippen molar-refractivity contribution in [3.8, 4) is 0 Å². The number of rotatable bonds is 12. The first-order chi connectivity index (χ1) is 12.6. The maximum absolute atomic E-state index is 10.6. The Kier molecular flexibility index (Phi) is 13.7. The third kappa shape index (κ3) is 13.1. The lowest BCUT2D eigenvalue weighted by molar-refractivity contribution is -0.164. The third-order valence-corrected chi connectivity index (χ3v) is 5.22. The summed E-state index contributed by atoms with van der Waals surface area (Å²) < 4.78 is 11.3. The summed E-state index contributed by atoms with van der Waals surface area (Å²) in [6.45, 7) is 19.4. The molecule has 0 aromatic rings. The van der Waals surface area contributed by atoms with Crippen molar-refractivity contribution >= 4 is 11.9 Å². The van der Waals surface area contributed by atoms with Crippen LogP contribution in [0.1, 0.15) is 94.9 Å². The Morgan fingerprint density at radius 3 is 1.75 bits per heavy atom. The normalized spacial score (nSPS) is 16.4. The lowest BCUT2D eigenvalue weighted by atomic mass is 9.88. The molecule has 0 aliphatic carbocycles. The van der Waals surface area contributed by atoms with Gasteiger partial charge in [-0.3, -0.25) is 4.79 Å². The Hall–Kier alpha value is -1.14. The van der Waals surface area contributed by atoms with E-state index >= 15 is 0 Å². The van der Waals surface area contributed by atoms with Crippen molar-refractivity contribution in [1.29, 1.82) is 0 Å². The smallest absolute Gasteiger partial charge is 0.332 e. The third-order valence-electron chi connectivity index (χ3n) is 5.22. The van der Waals surface area contributed by atoms with E-state index in [1.54, 1.807) is 13.8 Å². The van der Waals surface area contributed by atoms with Gasteiger partial charge in [0.15, 0.2) is 6.10 Å². The zero-order chi connectivity index (χ0) is 22.7. The van der Waals surface area contributed by atoms with E-state index in [2.05, 4.69) is 20.8 Å². The van der Waals surface area contributed by atoms with Crippen LogP contribution in [0.5, 0.6) is 0 Å². The van der Waals surface area contributed by atoms with Gasteiger partial charge in [-0.25, -0.2) is 4.79 Å². The van der Waals surface area contributed by atoms with Crippen LogP contribution in [0.15, 0.2) is 0 Å². The van der Waals surface area contributed by atoms with E-state index in [-0.39, 0.29) is 23.2 Å². The van der Waals surface area contributed by atoms with Gasteiger partial charge in [0.1, 0.15) is 0 Å². The molecule has 2 N–H and O–H groups in total. The van der Waals surface area contributed by atoms with Gasteiger partial charge in [0.25, 0.3) is 0 Å². The van der Waals surface area contributed by atoms with E-state index in [0.29, 0.717) is 12.3 Å². The molecule has 168 valence electrons. The van der Waals surface area contributed by atoms with Crippen LogP contribution < -0.4 is 0 Å². The number of carbonyl (C=O) groups is 2. The summed E-state index contributed by atoms with van der Waals surface area (Å²) >= 11 is 0. The standard InChI is InChI=1S/2C11H22O3/c1-6-11(4,5)14-9(3)7-8(2)10(12)13;1-6-7-8(2)11(4,5)14-9(3)10(12)13/h2*8-9H,6-7H2,1-5H3,(H,12,13)/t8-,9?;8?,9-/m00/s1. The summed E-state index contributed by atoms with van der Waals surface area (Å²) in [5.74, 6) is -1.62. The zero-order valence-corrected chi connectivity index (χ0v) is 19.7. The topological polar surface area (TPSA) is 93.1 Å².